The zero-order valence-corrected chi connectivity index (χ0v) is 20.1. The first-order valence-corrected chi connectivity index (χ1v) is 13.3. The van der Waals surface area contributed by atoms with Gasteiger partial charge >= 0.3 is 0 Å². The number of halogens is 1. The van der Waals surface area contributed by atoms with E-state index in [1.807, 2.05) is 48.0 Å². The molecule has 3 aromatic rings. The quantitative estimate of drug-likeness (QED) is 0.530. The van der Waals surface area contributed by atoms with Gasteiger partial charge in [-0.2, -0.15) is 15.6 Å². The molecule has 1 amide bonds. The van der Waals surface area contributed by atoms with Gasteiger partial charge in [0.1, 0.15) is 0 Å². The molecule has 0 aliphatic carbocycles. The average molecular weight is 489 g/mol. The summed E-state index contributed by atoms with van der Waals surface area (Å²) in [6.45, 7) is 2.59. The minimum atomic E-state index is -3.54. The summed E-state index contributed by atoms with van der Waals surface area (Å²) < 4.78 is 27.4. The molecule has 4 rings (SSSR count). The molecule has 1 fully saturated rings. The number of amides is 1. The number of nitrogens with zero attached hydrogens (tertiary/aromatic N) is 1. The molecule has 5 nitrogen and oxygen atoms in total. The highest BCUT2D eigenvalue weighted by Gasteiger charge is 2.33. The third kappa shape index (κ3) is 5.07. The maximum atomic E-state index is 13.1. The highest BCUT2D eigenvalue weighted by atomic mass is 35.5. The monoisotopic (exact) mass is 488 g/mol. The van der Waals surface area contributed by atoms with Gasteiger partial charge in [-0.1, -0.05) is 41.4 Å². The molecular weight excluding hydrogens is 464 g/mol. The maximum absolute atomic E-state index is 13.1. The molecule has 0 bridgehead atoms. The van der Waals surface area contributed by atoms with Gasteiger partial charge in [-0.15, -0.1) is 0 Å². The van der Waals surface area contributed by atoms with E-state index in [-0.39, 0.29) is 17.9 Å². The van der Waals surface area contributed by atoms with E-state index in [0.717, 1.165) is 16.7 Å². The normalized spacial score (nSPS) is 16.6. The Morgan fingerprint density at radius 1 is 1.03 bits per heavy atom. The first-order valence-electron chi connectivity index (χ1n) is 10.5. The van der Waals surface area contributed by atoms with Crippen LogP contribution in [0.15, 0.2) is 70.3 Å². The van der Waals surface area contributed by atoms with Crippen molar-refractivity contribution < 1.29 is 13.2 Å². The van der Waals surface area contributed by atoms with Crippen LogP contribution in [0.1, 0.15) is 35.6 Å². The minimum absolute atomic E-state index is 0.0523. The molecule has 1 unspecified atom stereocenters. The SMILES string of the molecule is Cc1ccc(S(=O)(=O)N2CCC(C(=O)NC(c3ccc(Cl)cc3)c3ccsc3)CC2)cc1. The van der Waals surface area contributed by atoms with E-state index in [0.29, 0.717) is 35.8 Å². The summed E-state index contributed by atoms with van der Waals surface area (Å²) in [5.41, 5.74) is 2.99. The number of benzene rings is 2. The number of piperidine rings is 1. The molecule has 8 heteroatoms. The fourth-order valence-corrected chi connectivity index (χ4v) is 6.21. The average Bonchev–Trinajstić information content (AvgIpc) is 3.33. The Hall–Kier alpha value is -2.19. The van der Waals surface area contributed by atoms with Crippen LogP contribution in [0.3, 0.4) is 0 Å². The van der Waals surface area contributed by atoms with Crippen LogP contribution >= 0.6 is 22.9 Å². The third-order valence-electron chi connectivity index (χ3n) is 5.85. The lowest BCUT2D eigenvalue weighted by Gasteiger charge is -2.31. The number of carbonyl (C=O) groups excluding carboxylic acids is 1. The van der Waals surface area contributed by atoms with E-state index in [2.05, 4.69) is 5.32 Å². The molecule has 1 aromatic heterocycles. The number of aryl methyl sites for hydroxylation is 1. The lowest BCUT2D eigenvalue weighted by molar-refractivity contribution is -0.126. The van der Waals surface area contributed by atoms with Crippen molar-refractivity contribution in [2.75, 3.05) is 13.1 Å². The van der Waals surface area contributed by atoms with Gasteiger partial charge in [-0.05, 0) is 72.0 Å². The van der Waals surface area contributed by atoms with Crippen molar-refractivity contribution in [3.05, 3.63) is 87.1 Å². The second-order valence-corrected chi connectivity index (χ2v) is 11.2. The van der Waals surface area contributed by atoms with Crippen LogP contribution in [0.4, 0.5) is 0 Å². The van der Waals surface area contributed by atoms with Crippen molar-refractivity contribution >= 4 is 38.9 Å². The van der Waals surface area contributed by atoms with E-state index in [9.17, 15) is 13.2 Å². The molecule has 1 N–H and O–H groups in total. The molecular formula is C24H25ClN2O3S2. The number of carbonyl (C=O) groups is 1. The van der Waals surface area contributed by atoms with Crippen molar-refractivity contribution in [1.82, 2.24) is 9.62 Å². The molecule has 32 heavy (non-hydrogen) atoms. The lowest BCUT2D eigenvalue weighted by atomic mass is 9.95. The number of rotatable bonds is 6. The Bertz CT molecular complexity index is 1150. The lowest BCUT2D eigenvalue weighted by Crippen LogP contribution is -2.43. The Morgan fingerprint density at radius 3 is 2.28 bits per heavy atom. The number of nitrogens with one attached hydrogen (secondary N) is 1. The molecule has 1 atom stereocenters. The zero-order chi connectivity index (χ0) is 22.7. The van der Waals surface area contributed by atoms with Crippen molar-refractivity contribution in [2.45, 2.75) is 30.7 Å². The van der Waals surface area contributed by atoms with Gasteiger partial charge in [0.05, 0.1) is 10.9 Å². The van der Waals surface area contributed by atoms with Crippen LogP contribution in [-0.4, -0.2) is 31.7 Å². The van der Waals surface area contributed by atoms with Gasteiger partial charge in [-0.25, -0.2) is 8.42 Å². The summed E-state index contributed by atoms with van der Waals surface area (Å²) >= 11 is 7.61. The molecule has 168 valence electrons. The first-order chi connectivity index (χ1) is 15.3. The van der Waals surface area contributed by atoms with Crippen LogP contribution < -0.4 is 5.32 Å². The molecule has 0 spiro atoms. The van der Waals surface area contributed by atoms with Gasteiger partial charge in [0.15, 0.2) is 0 Å². The summed E-state index contributed by atoms with van der Waals surface area (Å²) in [4.78, 5) is 13.4. The smallest absolute Gasteiger partial charge is 0.243 e. The molecule has 1 aliphatic rings. The van der Waals surface area contributed by atoms with Crippen molar-refractivity contribution in [2.24, 2.45) is 5.92 Å². The predicted molar refractivity (Wildman–Crippen MR) is 128 cm³/mol. The Balaban J connectivity index is 1.43. The molecule has 0 saturated carbocycles. The van der Waals surface area contributed by atoms with Crippen LogP contribution in [0.5, 0.6) is 0 Å². The van der Waals surface area contributed by atoms with E-state index in [4.69, 9.17) is 11.6 Å². The van der Waals surface area contributed by atoms with Gasteiger partial charge in [0, 0.05) is 24.0 Å². The van der Waals surface area contributed by atoms with Crippen LogP contribution in [0.2, 0.25) is 5.02 Å². The molecule has 0 radical (unpaired) electrons. The highest BCUT2D eigenvalue weighted by Crippen LogP contribution is 2.28. The van der Waals surface area contributed by atoms with Gasteiger partial charge in [0.25, 0.3) is 0 Å². The summed E-state index contributed by atoms with van der Waals surface area (Å²) in [7, 11) is -3.54. The molecule has 2 heterocycles. The molecule has 1 saturated heterocycles. The number of hydrogen-bond acceptors (Lipinski definition) is 4. The largest absolute Gasteiger partial charge is 0.345 e. The van der Waals surface area contributed by atoms with E-state index >= 15 is 0 Å². The highest BCUT2D eigenvalue weighted by molar-refractivity contribution is 7.89. The van der Waals surface area contributed by atoms with E-state index in [1.54, 1.807) is 35.6 Å². The summed E-state index contributed by atoms with van der Waals surface area (Å²) in [6.07, 6.45) is 0.988. The Labute approximate surface area is 198 Å². The minimum Gasteiger partial charge on any atom is -0.345 e. The third-order valence-corrected chi connectivity index (χ3v) is 8.72. The van der Waals surface area contributed by atoms with Crippen LogP contribution in [-0.2, 0) is 14.8 Å². The van der Waals surface area contributed by atoms with E-state index < -0.39 is 10.0 Å². The fourth-order valence-electron chi connectivity index (χ4n) is 3.93. The summed E-state index contributed by atoms with van der Waals surface area (Å²) in [6, 6.07) is 16.1. The fraction of sp³-hybridized carbons (Fsp3) is 0.292. The van der Waals surface area contributed by atoms with Crippen molar-refractivity contribution in [1.29, 1.82) is 0 Å². The van der Waals surface area contributed by atoms with E-state index in [1.165, 1.54) is 4.31 Å². The zero-order valence-electron chi connectivity index (χ0n) is 17.7. The number of sulfonamides is 1. The number of thiophene rings is 1. The van der Waals surface area contributed by atoms with Gasteiger partial charge in [-0.3, -0.25) is 4.79 Å². The van der Waals surface area contributed by atoms with Crippen molar-refractivity contribution in [3.8, 4) is 0 Å². The second kappa shape index (κ2) is 9.75. The van der Waals surface area contributed by atoms with Gasteiger partial charge < -0.3 is 5.32 Å². The summed E-state index contributed by atoms with van der Waals surface area (Å²) in [5, 5.41) is 7.83. The molecule has 2 aromatic carbocycles. The van der Waals surface area contributed by atoms with Crippen LogP contribution in [0.25, 0.3) is 0 Å². The second-order valence-electron chi connectivity index (χ2n) is 8.04. The number of hydrogen-bond donors (Lipinski definition) is 1. The molecule has 1 aliphatic heterocycles. The van der Waals surface area contributed by atoms with Crippen molar-refractivity contribution in [3.63, 3.8) is 0 Å². The Morgan fingerprint density at radius 2 is 1.69 bits per heavy atom. The van der Waals surface area contributed by atoms with Crippen LogP contribution in [0, 0.1) is 12.8 Å². The van der Waals surface area contributed by atoms with Gasteiger partial charge in [0.2, 0.25) is 15.9 Å². The topological polar surface area (TPSA) is 66.5 Å². The maximum Gasteiger partial charge on any atom is 0.243 e. The summed E-state index contributed by atoms with van der Waals surface area (Å²) in [5.74, 6) is -0.281. The first kappa shape index (κ1) is 23.0. The predicted octanol–water partition coefficient (Wildman–Crippen LogP) is 5.02. The Kier molecular flexibility index (Phi) is 7.00. The standard InChI is InChI=1S/C24H25ClN2O3S2/c1-17-2-8-22(9-3-17)32(29,30)27-13-10-19(11-14-27)24(28)26-23(20-12-15-31-16-20)18-4-6-21(25)7-5-18/h2-9,12,15-16,19,23H,10-11,13-14H2,1H3,(H,26,28).